The zero-order valence-electron chi connectivity index (χ0n) is 15.1. The van der Waals surface area contributed by atoms with Gasteiger partial charge in [-0.25, -0.2) is 4.98 Å². The van der Waals surface area contributed by atoms with Gasteiger partial charge in [-0.2, -0.15) is 4.98 Å². The molecule has 0 aliphatic carbocycles. The highest BCUT2D eigenvalue weighted by Gasteiger charge is 2.32. The molecule has 0 radical (unpaired) electrons. The van der Waals surface area contributed by atoms with Crippen LogP contribution in [0.4, 0.5) is 0 Å². The molecule has 1 unspecified atom stereocenters. The van der Waals surface area contributed by atoms with E-state index in [-0.39, 0.29) is 18.6 Å². The number of ether oxygens (including phenoxy) is 2. The van der Waals surface area contributed by atoms with Crippen molar-refractivity contribution in [3.05, 3.63) is 35.5 Å². The lowest BCUT2D eigenvalue weighted by Crippen LogP contribution is -2.39. The minimum absolute atomic E-state index is 0.162. The smallest absolute Gasteiger partial charge is 0.274 e. The fourth-order valence-electron chi connectivity index (χ4n) is 2.86. The highest BCUT2D eigenvalue weighted by Crippen LogP contribution is 2.30. The Hall–Kier alpha value is -2.39. The molecule has 9 nitrogen and oxygen atoms in total. The van der Waals surface area contributed by atoms with Crippen LogP contribution < -0.4 is 0 Å². The molecule has 3 heterocycles. The highest BCUT2D eigenvalue weighted by molar-refractivity contribution is 5.92. The maximum absolute atomic E-state index is 12.8. The number of hydrogen-bond acceptors (Lipinski definition) is 8. The molecule has 0 N–H and O–H groups in total. The van der Waals surface area contributed by atoms with Crippen LogP contribution in [0.25, 0.3) is 0 Å². The summed E-state index contributed by atoms with van der Waals surface area (Å²) in [4.78, 5) is 27.3. The molecule has 0 aromatic carbocycles. The van der Waals surface area contributed by atoms with Gasteiger partial charge >= 0.3 is 0 Å². The van der Waals surface area contributed by atoms with Crippen LogP contribution in [-0.4, -0.2) is 57.8 Å². The summed E-state index contributed by atoms with van der Waals surface area (Å²) in [6, 6.07) is -0.226. The van der Waals surface area contributed by atoms with Gasteiger partial charge in [-0.05, 0) is 26.2 Å². The number of carbonyl (C=O) groups is 1. The maximum atomic E-state index is 12.8. The van der Waals surface area contributed by atoms with Crippen molar-refractivity contribution in [2.45, 2.75) is 38.8 Å². The third kappa shape index (κ3) is 4.41. The summed E-state index contributed by atoms with van der Waals surface area (Å²) in [5.41, 5.74) is 1.10. The van der Waals surface area contributed by atoms with Gasteiger partial charge in [-0.15, -0.1) is 0 Å². The molecule has 3 rings (SSSR count). The molecule has 2 aromatic rings. The van der Waals surface area contributed by atoms with Crippen molar-refractivity contribution in [2.75, 3.05) is 26.9 Å². The third-order valence-electron chi connectivity index (χ3n) is 4.20. The van der Waals surface area contributed by atoms with Crippen molar-refractivity contribution in [3.8, 4) is 0 Å². The van der Waals surface area contributed by atoms with E-state index in [4.69, 9.17) is 14.0 Å². The second-order valence-electron chi connectivity index (χ2n) is 6.14. The Morgan fingerprint density at radius 3 is 2.96 bits per heavy atom. The number of aryl methyl sites for hydroxylation is 1. The van der Waals surface area contributed by atoms with Crippen molar-refractivity contribution in [3.63, 3.8) is 0 Å². The number of hydrogen-bond donors (Lipinski definition) is 0. The largest absolute Gasteiger partial charge is 0.382 e. The average Bonchev–Trinajstić information content (AvgIpc) is 3.14. The summed E-state index contributed by atoms with van der Waals surface area (Å²) in [7, 11) is 1.61. The van der Waals surface area contributed by atoms with Crippen LogP contribution in [0.3, 0.4) is 0 Å². The SMILES string of the molecule is COCCOCc1nc(C2CCCCN2C(=O)c2cnc(C)cn2)no1. The van der Waals surface area contributed by atoms with Gasteiger partial charge in [0.2, 0.25) is 0 Å². The molecule has 0 spiro atoms. The van der Waals surface area contributed by atoms with Crippen LogP contribution in [0.1, 0.15) is 53.2 Å². The first-order valence-corrected chi connectivity index (χ1v) is 8.68. The molecule has 0 bridgehead atoms. The van der Waals surface area contributed by atoms with Crippen molar-refractivity contribution >= 4 is 5.91 Å². The summed E-state index contributed by atoms with van der Waals surface area (Å²) < 4.78 is 15.6. The van der Waals surface area contributed by atoms with Gasteiger partial charge in [0.25, 0.3) is 11.8 Å². The fraction of sp³-hybridized carbons (Fsp3) is 0.588. The number of carbonyl (C=O) groups excluding carboxylic acids is 1. The molecular weight excluding hydrogens is 338 g/mol. The van der Waals surface area contributed by atoms with Crippen LogP contribution in [0.5, 0.6) is 0 Å². The predicted octanol–water partition coefficient (Wildman–Crippen LogP) is 1.70. The van der Waals surface area contributed by atoms with Crippen LogP contribution in [0.2, 0.25) is 0 Å². The molecule has 1 saturated heterocycles. The Labute approximate surface area is 151 Å². The Balaban J connectivity index is 1.69. The number of piperidine rings is 1. The highest BCUT2D eigenvalue weighted by atomic mass is 16.5. The molecular formula is C17H23N5O4. The zero-order valence-corrected chi connectivity index (χ0v) is 15.1. The number of likely N-dealkylation sites (tertiary alicyclic amines) is 1. The van der Waals surface area contributed by atoms with Gasteiger partial charge in [0.15, 0.2) is 5.82 Å². The summed E-state index contributed by atoms with van der Waals surface area (Å²) in [5.74, 6) is 0.734. The minimum atomic E-state index is -0.226. The van der Waals surface area contributed by atoms with Crippen molar-refractivity contribution < 1.29 is 18.8 Å². The Kier molecular flexibility index (Phi) is 6.24. The van der Waals surface area contributed by atoms with Crippen LogP contribution in [0, 0.1) is 6.92 Å². The van der Waals surface area contributed by atoms with E-state index < -0.39 is 0 Å². The number of amides is 1. The van der Waals surface area contributed by atoms with E-state index in [0.29, 0.717) is 37.2 Å². The predicted molar refractivity (Wildman–Crippen MR) is 90.2 cm³/mol. The first-order valence-electron chi connectivity index (χ1n) is 8.68. The van der Waals surface area contributed by atoms with E-state index in [1.807, 2.05) is 6.92 Å². The van der Waals surface area contributed by atoms with E-state index in [1.165, 1.54) is 6.20 Å². The van der Waals surface area contributed by atoms with E-state index >= 15 is 0 Å². The molecule has 140 valence electrons. The monoisotopic (exact) mass is 361 g/mol. The number of nitrogens with zero attached hydrogens (tertiary/aromatic N) is 5. The van der Waals surface area contributed by atoms with E-state index in [1.54, 1.807) is 18.2 Å². The van der Waals surface area contributed by atoms with Crippen LogP contribution in [-0.2, 0) is 16.1 Å². The molecule has 1 fully saturated rings. The molecule has 1 aliphatic rings. The first kappa shape index (κ1) is 18.4. The van der Waals surface area contributed by atoms with Crippen LogP contribution in [0.15, 0.2) is 16.9 Å². The number of aromatic nitrogens is 4. The van der Waals surface area contributed by atoms with Gasteiger partial charge in [-0.3, -0.25) is 9.78 Å². The quantitative estimate of drug-likeness (QED) is 0.687. The number of methoxy groups -OCH3 is 1. The summed E-state index contributed by atoms with van der Waals surface area (Å²) in [6.45, 7) is 3.64. The lowest BCUT2D eigenvalue weighted by molar-refractivity contribution is 0.0494. The normalized spacial score (nSPS) is 17.5. The third-order valence-corrected chi connectivity index (χ3v) is 4.20. The summed E-state index contributed by atoms with van der Waals surface area (Å²) in [6.07, 6.45) is 5.83. The standard InChI is InChI=1S/C17H23N5O4/c1-12-9-19-13(10-18-12)17(23)22-6-4-3-5-14(22)16-20-15(26-21-16)11-25-8-7-24-2/h9-10,14H,3-8,11H2,1-2H3. The van der Waals surface area contributed by atoms with E-state index in [0.717, 1.165) is 25.0 Å². The van der Waals surface area contributed by atoms with E-state index in [9.17, 15) is 4.79 Å². The Bertz CT molecular complexity index is 718. The number of rotatable bonds is 7. The average molecular weight is 361 g/mol. The minimum Gasteiger partial charge on any atom is -0.382 e. The molecule has 1 atom stereocenters. The van der Waals surface area contributed by atoms with Gasteiger partial charge in [0.1, 0.15) is 12.3 Å². The van der Waals surface area contributed by atoms with Gasteiger partial charge < -0.3 is 18.9 Å². The molecule has 9 heteroatoms. The van der Waals surface area contributed by atoms with Crippen molar-refractivity contribution in [2.24, 2.45) is 0 Å². The van der Waals surface area contributed by atoms with Gasteiger partial charge in [0.05, 0.1) is 31.1 Å². The van der Waals surface area contributed by atoms with Gasteiger partial charge in [-0.1, -0.05) is 5.16 Å². The molecule has 2 aromatic heterocycles. The second kappa shape index (κ2) is 8.81. The maximum Gasteiger partial charge on any atom is 0.274 e. The zero-order chi connectivity index (χ0) is 18.4. The lowest BCUT2D eigenvalue weighted by Gasteiger charge is -2.33. The fourth-order valence-corrected chi connectivity index (χ4v) is 2.86. The van der Waals surface area contributed by atoms with E-state index in [2.05, 4.69) is 20.1 Å². The van der Waals surface area contributed by atoms with Crippen molar-refractivity contribution in [1.82, 2.24) is 25.0 Å². The Morgan fingerprint density at radius 2 is 2.19 bits per heavy atom. The lowest BCUT2D eigenvalue weighted by atomic mass is 10.0. The Morgan fingerprint density at radius 1 is 1.31 bits per heavy atom. The molecule has 0 saturated carbocycles. The molecule has 1 aliphatic heterocycles. The first-order chi connectivity index (χ1) is 12.7. The van der Waals surface area contributed by atoms with Crippen molar-refractivity contribution in [1.29, 1.82) is 0 Å². The summed E-state index contributed by atoms with van der Waals surface area (Å²) >= 11 is 0. The van der Waals surface area contributed by atoms with Crippen LogP contribution >= 0.6 is 0 Å². The second-order valence-corrected chi connectivity index (χ2v) is 6.14. The molecule has 26 heavy (non-hydrogen) atoms. The van der Waals surface area contributed by atoms with Gasteiger partial charge in [0, 0.05) is 19.9 Å². The molecule has 1 amide bonds. The topological polar surface area (TPSA) is 103 Å². The summed E-state index contributed by atoms with van der Waals surface area (Å²) in [5, 5.41) is 4.05.